The number of benzene rings is 5. The predicted octanol–water partition coefficient (Wildman–Crippen LogP) is 6.82. The van der Waals surface area contributed by atoms with Crippen molar-refractivity contribution in [2.24, 2.45) is 0 Å². The molecule has 0 saturated carbocycles. The van der Waals surface area contributed by atoms with Crippen molar-refractivity contribution in [1.29, 1.82) is 0 Å². The summed E-state index contributed by atoms with van der Waals surface area (Å²) in [5.74, 6) is 0.948. The van der Waals surface area contributed by atoms with E-state index in [2.05, 4.69) is 11.4 Å². The highest BCUT2D eigenvalue weighted by atomic mass is 16.5. The Morgan fingerprint density at radius 3 is 2.41 bits per heavy atom. The van der Waals surface area contributed by atoms with Crippen molar-refractivity contribution in [3.63, 3.8) is 0 Å². The normalized spacial score (nSPS) is 11.2. The smallest absolute Gasteiger partial charge is 0.262 e. The van der Waals surface area contributed by atoms with Crippen LogP contribution in [0.2, 0.25) is 0 Å². The molecule has 1 aromatic heterocycles. The van der Waals surface area contributed by atoms with Crippen LogP contribution in [0.4, 0.5) is 5.69 Å². The summed E-state index contributed by atoms with van der Waals surface area (Å²) in [7, 11) is 0. The maximum absolute atomic E-state index is 12.6. The fourth-order valence-corrected chi connectivity index (χ4v) is 4.18. The Bertz CT molecular complexity index is 1660. The summed E-state index contributed by atoms with van der Waals surface area (Å²) < 4.78 is 11.8. The Labute approximate surface area is 195 Å². The van der Waals surface area contributed by atoms with E-state index in [0.29, 0.717) is 17.3 Å². The van der Waals surface area contributed by atoms with Crippen LogP contribution in [0, 0.1) is 0 Å². The molecule has 0 fully saturated rings. The van der Waals surface area contributed by atoms with Gasteiger partial charge in [0.1, 0.15) is 11.3 Å². The number of carbonyl (C=O) groups is 1. The molecular formula is C29H20N2O3. The highest BCUT2D eigenvalue weighted by Crippen LogP contribution is 2.30. The molecule has 0 spiro atoms. The summed E-state index contributed by atoms with van der Waals surface area (Å²) in [6.07, 6.45) is 0. The first-order valence-corrected chi connectivity index (χ1v) is 11.0. The Morgan fingerprint density at radius 1 is 0.794 bits per heavy atom. The summed E-state index contributed by atoms with van der Waals surface area (Å²) >= 11 is 0. The van der Waals surface area contributed by atoms with E-state index >= 15 is 0 Å². The van der Waals surface area contributed by atoms with Crippen molar-refractivity contribution < 1.29 is 13.9 Å². The fourth-order valence-electron chi connectivity index (χ4n) is 4.18. The van der Waals surface area contributed by atoms with Gasteiger partial charge in [-0.1, -0.05) is 72.8 Å². The summed E-state index contributed by atoms with van der Waals surface area (Å²) in [6.45, 7) is -0.0902. The molecule has 34 heavy (non-hydrogen) atoms. The van der Waals surface area contributed by atoms with E-state index in [4.69, 9.17) is 14.1 Å². The van der Waals surface area contributed by atoms with Gasteiger partial charge < -0.3 is 14.5 Å². The van der Waals surface area contributed by atoms with Crippen molar-refractivity contribution >= 4 is 44.2 Å². The van der Waals surface area contributed by atoms with E-state index in [9.17, 15) is 4.79 Å². The first kappa shape index (κ1) is 20.0. The van der Waals surface area contributed by atoms with Gasteiger partial charge in [-0.25, -0.2) is 4.98 Å². The number of nitrogens with zero attached hydrogens (tertiary/aromatic N) is 1. The lowest BCUT2D eigenvalue weighted by Crippen LogP contribution is -2.20. The van der Waals surface area contributed by atoms with Gasteiger partial charge in [-0.15, -0.1) is 0 Å². The van der Waals surface area contributed by atoms with Gasteiger partial charge in [0, 0.05) is 22.0 Å². The van der Waals surface area contributed by atoms with Crippen molar-refractivity contribution in [1.82, 2.24) is 4.98 Å². The molecule has 6 aromatic rings. The van der Waals surface area contributed by atoms with Crippen LogP contribution in [0.25, 0.3) is 44.1 Å². The van der Waals surface area contributed by atoms with Gasteiger partial charge in [0.15, 0.2) is 12.2 Å². The summed E-state index contributed by atoms with van der Waals surface area (Å²) in [4.78, 5) is 17.3. The zero-order valence-electron chi connectivity index (χ0n) is 18.2. The maximum atomic E-state index is 12.6. The molecule has 5 heteroatoms. The highest BCUT2D eigenvalue weighted by Gasteiger charge is 2.12. The molecule has 1 N–H and O–H groups in total. The van der Waals surface area contributed by atoms with E-state index < -0.39 is 0 Å². The Morgan fingerprint density at radius 2 is 1.53 bits per heavy atom. The van der Waals surface area contributed by atoms with Gasteiger partial charge in [0.05, 0.1) is 0 Å². The second kappa shape index (κ2) is 8.37. The molecule has 0 saturated heterocycles. The molecule has 1 amide bonds. The molecule has 0 unspecified atom stereocenters. The van der Waals surface area contributed by atoms with Crippen LogP contribution in [0.5, 0.6) is 5.75 Å². The number of amides is 1. The molecule has 1 heterocycles. The van der Waals surface area contributed by atoms with Gasteiger partial charge in [-0.3, -0.25) is 4.79 Å². The highest BCUT2D eigenvalue weighted by molar-refractivity contribution is 6.04. The molecule has 5 aromatic carbocycles. The average molecular weight is 444 g/mol. The molecule has 0 aliphatic heterocycles. The van der Waals surface area contributed by atoms with Gasteiger partial charge in [-0.05, 0) is 41.1 Å². The number of anilines is 1. The van der Waals surface area contributed by atoms with Crippen LogP contribution < -0.4 is 10.1 Å². The Kier molecular flexibility index (Phi) is 4.92. The third-order valence-electron chi connectivity index (χ3n) is 5.79. The van der Waals surface area contributed by atoms with E-state index in [1.54, 1.807) is 0 Å². The summed E-state index contributed by atoms with van der Waals surface area (Å²) in [5.41, 5.74) is 2.99. The minimum atomic E-state index is -0.242. The van der Waals surface area contributed by atoms with Gasteiger partial charge in [-0.2, -0.15) is 0 Å². The largest absolute Gasteiger partial charge is 0.483 e. The minimum Gasteiger partial charge on any atom is -0.483 e. The molecule has 0 radical (unpaired) electrons. The van der Waals surface area contributed by atoms with Crippen LogP contribution >= 0.6 is 0 Å². The number of hydrogen-bond donors (Lipinski definition) is 1. The number of carbonyl (C=O) groups excluding carboxylic acids is 1. The number of fused-ring (bicyclic) bond motifs is 4. The van der Waals surface area contributed by atoms with Crippen molar-refractivity contribution in [2.45, 2.75) is 0 Å². The maximum Gasteiger partial charge on any atom is 0.262 e. The fraction of sp³-hybridized carbons (Fsp3) is 0.0345. The van der Waals surface area contributed by atoms with Crippen LogP contribution in [-0.4, -0.2) is 17.5 Å². The molecule has 6 rings (SSSR count). The third-order valence-corrected chi connectivity index (χ3v) is 5.79. The number of ether oxygens (including phenoxy) is 1. The van der Waals surface area contributed by atoms with Crippen LogP contribution in [-0.2, 0) is 4.79 Å². The standard InChI is InChI=1S/C29H20N2O3/c32-27(18-33-25-14-6-9-19-7-1-3-12-23(19)25)30-22-11-5-10-21(17-22)29-31-28-24-13-4-2-8-20(24)15-16-26(28)34-29/h1-17H,18H2,(H,30,32). The lowest BCUT2D eigenvalue weighted by Gasteiger charge is -2.10. The lowest BCUT2D eigenvalue weighted by molar-refractivity contribution is -0.118. The molecule has 0 bridgehead atoms. The topological polar surface area (TPSA) is 64.4 Å². The number of nitrogens with one attached hydrogen (secondary N) is 1. The first-order chi connectivity index (χ1) is 16.7. The first-order valence-electron chi connectivity index (χ1n) is 11.0. The molecule has 164 valence electrons. The zero-order chi connectivity index (χ0) is 22.9. The van der Waals surface area contributed by atoms with Crippen molar-refractivity contribution in [3.05, 3.63) is 103 Å². The Hall–Kier alpha value is -4.64. The van der Waals surface area contributed by atoms with Gasteiger partial charge in [0.25, 0.3) is 5.91 Å². The summed E-state index contributed by atoms with van der Waals surface area (Å²) in [6, 6.07) is 33.2. The van der Waals surface area contributed by atoms with Crippen LogP contribution in [0.15, 0.2) is 108 Å². The number of rotatable bonds is 5. The van der Waals surface area contributed by atoms with Gasteiger partial charge in [0.2, 0.25) is 5.89 Å². The average Bonchev–Trinajstić information content (AvgIpc) is 3.33. The quantitative estimate of drug-likeness (QED) is 0.317. The predicted molar refractivity (Wildman–Crippen MR) is 135 cm³/mol. The summed E-state index contributed by atoms with van der Waals surface area (Å²) in [5, 5.41) is 7.10. The lowest BCUT2D eigenvalue weighted by atomic mass is 10.1. The number of hydrogen-bond acceptors (Lipinski definition) is 4. The van der Waals surface area contributed by atoms with Crippen molar-refractivity contribution in [3.8, 4) is 17.2 Å². The minimum absolute atomic E-state index is 0.0902. The van der Waals surface area contributed by atoms with E-state index in [1.807, 2.05) is 97.1 Å². The second-order valence-electron chi connectivity index (χ2n) is 8.05. The molecule has 0 aliphatic rings. The second-order valence-corrected chi connectivity index (χ2v) is 8.05. The van der Waals surface area contributed by atoms with E-state index in [-0.39, 0.29) is 12.5 Å². The van der Waals surface area contributed by atoms with E-state index in [1.165, 1.54) is 0 Å². The SMILES string of the molecule is O=C(COc1cccc2ccccc12)Nc1cccc(-c2nc3c(ccc4ccccc43)o2)c1. The number of aromatic nitrogens is 1. The third kappa shape index (κ3) is 3.73. The van der Waals surface area contributed by atoms with Crippen molar-refractivity contribution in [2.75, 3.05) is 11.9 Å². The molecule has 0 aliphatic carbocycles. The monoisotopic (exact) mass is 444 g/mol. The Balaban J connectivity index is 1.21. The molecule has 0 atom stereocenters. The van der Waals surface area contributed by atoms with E-state index in [0.717, 1.165) is 38.2 Å². The van der Waals surface area contributed by atoms with Crippen LogP contribution in [0.1, 0.15) is 0 Å². The molecule has 5 nitrogen and oxygen atoms in total. The zero-order valence-corrected chi connectivity index (χ0v) is 18.2. The molecular weight excluding hydrogens is 424 g/mol. The van der Waals surface area contributed by atoms with Gasteiger partial charge >= 0.3 is 0 Å². The number of oxazole rings is 1. The van der Waals surface area contributed by atoms with Crippen LogP contribution in [0.3, 0.4) is 0 Å².